The Morgan fingerprint density at radius 3 is 2.09 bits per heavy atom. The summed E-state index contributed by atoms with van der Waals surface area (Å²) in [7, 11) is 0. The van der Waals surface area contributed by atoms with E-state index >= 15 is 0 Å². The first kappa shape index (κ1) is 11.7. The largest absolute Gasteiger partial charge is 0.256 e. The van der Waals surface area contributed by atoms with Crippen LogP contribution in [0.5, 0.6) is 0 Å². The summed E-state index contributed by atoms with van der Waals surface area (Å²) in [5.41, 5.74) is 7.53. The third-order valence-corrected chi connectivity index (χ3v) is 4.47. The van der Waals surface area contributed by atoms with Crippen molar-refractivity contribution in [1.29, 1.82) is 0 Å². The zero-order valence-electron chi connectivity index (χ0n) is 12.0. The average molecular weight is 279 g/mol. The first-order valence-corrected chi connectivity index (χ1v) is 7.50. The van der Waals surface area contributed by atoms with Crippen LogP contribution in [0.15, 0.2) is 79.0 Å². The normalized spacial score (nSPS) is 11.6. The number of aromatic nitrogens is 1. The van der Waals surface area contributed by atoms with Crippen molar-refractivity contribution in [2.45, 2.75) is 0 Å². The van der Waals surface area contributed by atoms with E-state index in [2.05, 4.69) is 65.6 Å². The molecule has 1 aliphatic rings. The van der Waals surface area contributed by atoms with Gasteiger partial charge in [0.25, 0.3) is 0 Å². The van der Waals surface area contributed by atoms with Crippen LogP contribution in [0.4, 0.5) is 0 Å². The van der Waals surface area contributed by atoms with Crippen LogP contribution in [0, 0.1) is 0 Å². The molecule has 0 fully saturated rings. The van der Waals surface area contributed by atoms with Gasteiger partial charge in [0.05, 0.1) is 5.69 Å². The average Bonchev–Trinajstić information content (AvgIpc) is 2.93. The molecule has 0 saturated carbocycles. The van der Waals surface area contributed by atoms with E-state index in [1.807, 2.05) is 18.3 Å². The fraction of sp³-hybridized carbons (Fsp3) is 0. The molecular weight excluding hydrogens is 266 g/mol. The van der Waals surface area contributed by atoms with Crippen LogP contribution in [0.1, 0.15) is 0 Å². The van der Waals surface area contributed by atoms with E-state index in [0.29, 0.717) is 0 Å². The van der Waals surface area contributed by atoms with Crippen molar-refractivity contribution >= 4 is 10.8 Å². The summed E-state index contributed by atoms with van der Waals surface area (Å²) in [6.07, 6.45) is 1.86. The summed E-state index contributed by atoms with van der Waals surface area (Å²) >= 11 is 0. The van der Waals surface area contributed by atoms with Gasteiger partial charge in [-0.1, -0.05) is 60.7 Å². The van der Waals surface area contributed by atoms with Crippen LogP contribution in [0.3, 0.4) is 0 Å². The number of rotatable bonds is 1. The summed E-state index contributed by atoms with van der Waals surface area (Å²) < 4.78 is 0. The van der Waals surface area contributed by atoms with Crippen LogP contribution < -0.4 is 0 Å². The standard InChI is InChI=1S/C21H13N/c1-2-13-22-19(12-1)17-10-5-9-16-15-8-3-6-14-7-4-11-18(20(14)15)21(16)17/h1-13H. The summed E-state index contributed by atoms with van der Waals surface area (Å²) in [4.78, 5) is 4.55. The van der Waals surface area contributed by atoms with Crippen molar-refractivity contribution in [1.82, 2.24) is 4.98 Å². The predicted molar refractivity (Wildman–Crippen MR) is 91.6 cm³/mol. The lowest BCUT2D eigenvalue weighted by atomic mass is 9.96. The second-order valence-corrected chi connectivity index (χ2v) is 5.65. The van der Waals surface area contributed by atoms with Crippen molar-refractivity contribution < 1.29 is 0 Å². The summed E-state index contributed by atoms with van der Waals surface area (Å²) in [5, 5.41) is 2.67. The van der Waals surface area contributed by atoms with Gasteiger partial charge in [-0.15, -0.1) is 0 Å². The number of nitrogens with zero attached hydrogens (tertiary/aromatic N) is 1. The fourth-order valence-electron chi connectivity index (χ4n) is 3.58. The number of hydrogen-bond acceptors (Lipinski definition) is 1. The van der Waals surface area contributed by atoms with Gasteiger partial charge in [-0.05, 0) is 45.2 Å². The highest BCUT2D eigenvalue weighted by molar-refractivity contribution is 6.17. The molecule has 1 aromatic heterocycles. The Bertz CT molecular complexity index is 1010. The number of fused-ring (bicyclic) bond motifs is 3. The molecule has 0 spiro atoms. The van der Waals surface area contributed by atoms with Crippen molar-refractivity contribution in [3.8, 4) is 33.5 Å². The van der Waals surface area contributed by atoms with Gasteiger partial charge in [0.1, 0.15) is 0 Å². The monoisotopic (exact) mass is 279 g/mol. The molecule has 3 aromatic carbocycles. The van der Waals surface area contributed by atoms with E-state index in [4.69, 9.17) is 0 Å². The van der Waals surface area contributed by atoms with Crippen LogP contribution in [-0.4, -0.2) is 4.98 Å². The molecule has 0 unspecified atom stereocenters. The summed E-state index contributed by atoms with van der Waals surface area (Å²) in [5.74, 6) is 0. The maximum atomic E-state index is 4.55. The molecule has 0 N–H and O–H groups in total. The maximum Gasteiger partial charge on any atom is 0.0708 e. The molecule has 1 heterocycles. The smallest absolute Gasteiger partial charge is 0.0708 e. The third-order valence-electron chi connectivity index (χ3n) is 4.47. The maximum absolute atomic E-state index is 4.55. The van der Waals surface area contributed by atoms with E-state index < -0.39 is 0 Å². The topological polar surface area (TPSA) is 12.9 Å². The van der Waals surface area contributed by atoms with Gasteiger partial charge in [-0.2, -0.15) is 0 Å². The van der Waals surface area contributed by atoms with Crippen molar-refractivity contribution in [2.24, 2.45) is 0 Å². The van der Waals surface area contributed by atoms with Gasteiger partial charge in [0.15, 0.2) is 0 Å². The molecule has 4 aromatic rings. The van der Waals surface area contributed by atoms with Gasteiger partial charge in [-0.25, -0.2) is 0 Å². The van der Waals surface area contributed by atoms with Crippen molar-refractivity contribution in [3.63, 3.8) is 0 Å². The lowest BCUT2D eigenvalue weighted by molar-refractivity contribution is 1.33. The molecule has 1 nitrogen and oxygen atoms in total. The Morgan fingerprint density at radius 1 is 0.545 bits per heavy atom. The van der Waals surface area contributed by atoms with Crippen molar-refractivity contribution in [3.05, 3.63) is 79.0 Å². The van der Waals surface area contributed by atoms with Crippen LogP contribution in [0.2, 0.25) is 0 Å². The minimum atomic E-state index is 1.03. The summed E-state index contributed by atoms with van der Waals surface area (Å²) in [6, 6.07) is 25.7. The fourth-order valence-corrected chi connectivity index (χ4v) is 3.58. The minimum Gasteiger partial charge on any atom is -0.256 e. The molecule has 0 radical (unpaired) electrons. The van der Waals surface area contributed by atoms with Crippen LogP contribution in [-0.2, 0) is 0 Å². The SMILES string of the molecule is c1ccc(-c2cccc3c2-c2cccc4cccc-3c24)nc1. The van der Waals surface area contributed by atoms with Crippen LogP contribution >= 0.6 is 0 Å². The van der Waals surface area contributed by atoms with Gasteiger partial charge < -0.3 is 0 Å². The Balaban J connectivity index is 1.93. The number of hydrogen-bond donors (Lipinski definition) is 0. The molecule has 1 heteroatoms. The lowest BCUT2D eigenvalue weighted by Gasteiger charge is -2.09. The molecule has 102 valence electrons. The molecule has 0 saturated heterocycles. The van der Waals surface area contributed by atoms with Gasteiger partial charge >= 0.3 is 0 Å². The molecule has 22 heavy (non-hydrogen) atoms. The number of benzene rings is 3. The number of pyridine rings is 1. The quantitative estimate of drug-likeness (QED) is 0.392. The molecule has 1 aliphatic carbocycles. The summed E-state index contributed by atoms with van der Waals surface area (Å²) in [6.45, 7) is 0. The second kappa shape index (κ2) is 4.28. The highest BCUT2D eigenvalue weighted by atomic mass is 14.7. The van der Waals surface area contributed by atoms with Gasteiger partial charge in [0, 0.05) is 11.8 Å². The Kier molecular flexibility index (Phi) is 2.28. The molecule has 5 rings (SSSR count). The zero-order valence-corrected chi connectivity index (χ0v) is 12.0. The highest BCUT2D eigenvalue weighted by Crippen LogP contribution is 2.50. The van der Waals surface area contributed by atoms with Gasteiger partial charge in [0.2, 0.25) is 0 Å². The molecule has 0 amide bonds. The van der Waals surface area contributed by atoms with E-state index in [1.165, 1.54) is 38.6 Å². The van der Waals surface area contributed by atoms with E-state index in [9.17, 15) is 0 Å². The molecule has 0 bridgehead atoms. The molecular formula is C21H13N. The van der Waals surface area contributed by atoms with Crippen molar-refractivity contribution in [2.75, 3.05) is 0 Å². The first-order chi connectivity index (χ1) is 10.9. The van der Waals surface area contributed by atoms with Crippen LogP contribution in [0.25, 0.3) is 44.3 Å². The second-order valence-electron chi connectivity index (χ2n) is 5.65. The third kappa shape index (κ3) is 1.45. The van der Waals surface area contributed by atoms with E-state index in [0.717, 1.165) is 5.69 Å². The predicted octanol–water partition coefficient (Wildman–Crippen LogP) is 5.55. The van der Waals surface area contributed by atoms with E-state index in [1.54, 1.807) is 0 Å². The Morgan fingerprint density at radius 2 is 1.27 bits per heavy atom. The minimum absolute atomic E-state index is 1.03. The zero-order chi connectivity index (χ0) is 14.5. The Labute approximate surface area is 128 Å². The van der Waals surface area contributed by atoms with Gasteiger partial charge in [-0.3, -0.25) is 4.98 Å². The highest BCUT2D eigenvalue weighted by Gasteiger charge is 2.23. The Hall–Kier alpha value is -2.93. The first-order valence-electron chi connectivity index (χ1n) is 7.50. The lowest BCUT2D eigenvalue weighted by Crippen LogP contribution is -1.87. The molecule has 0 aliphatic heterocycles. The van der Waals surface area contributed by atoms with E-state index in [-0.39, 0.29) is 0 Å². The molecule has 0 atom stereocenters.